The quantitative estimate of drug-likeness (QED) is 0.561. The Balaban J connectivity index is 1.41. The van der Waals surface area contributed by atoms with Crippen LogP contribution in [0.15, 0.2) is 27.7 Å². The third kappa shape index (κ3) is 5.66. The summed E-state index contributed by atoms with van der Waals surface area (Å²) in [7, 11) is 1.75. The van der Waals surface area contributed by atoms with Crippen LogP contribution in [0.5, 0.6) is 0 Å². The highest BCUT2D eigenvalue weighted by Crippen LogP contribution is 2.18. The number of guanidine groups is 1. The Morgan fingerprint density at radius 3 is 2.81 bits per heavy atom. The Bertz CT molecular complexity index is 614. The first-order valence-electron chi connectivity index (χ1n) is 9.35. The molecule has 0 aromatic heterocycles. The molecule has 26 heavy (non-hydrogen) atoms. The number of piperidine rings is 1. The van der Waals surface area contributed by atoms with Gasteiger partial charge in [0.15, 0.2) is 5.96 Å². The lowest BCUT2D eigenvalue weighted by Crippen LogP contribution is -2.49. The average Bonchev–Trinajstić information content (AvgIpc) is 3.14. The van der Waals surface area contributed by atoms with E-state index in [9.17, 15) is 4.39 Å². The molecule has 0 radical (unpaired) electrons. The molecule has 0 aliphatic carbocycles. The highest BCUT2D eigenvalue weighted by Gasteiger charge is 2.24. The van der Waals surface area contributed by atoms with Crippen molar-refractivity contribution in [3.63, 3.8) is 0 Å². The van der Waals surface area contributed by atoms with Gasteiger partial charge in [-0.2, -0.15) is 0 Å². The summed E-state index contributed by atoms with van der Waals surface area (Å²) in [6, 6.07) is 5.52. The fourth-order valence-corrected chi connectivity index (χ4v) is 3.92. The molecule has 0 amide bonds. The first-order chi connectivity index (χ1) is 12.6. The van der Waals surface area contributed by atoms with Crippen molar-refractivity contribution in [1.82, 2.24) is 15.5 Å². The Kier molecular flexibility index (Phi) is 7.28. The number of rotatable bonds is 5. The van der Waals surface area contributed by atoms with E-state index in [4.69, 9.17) is 4.74 Å². The Morgan fingerprint density at radius 2 is 2.15 bits per heavy atom. The first-order valence-corrected chi connectivity index (χ1v) is 10.1. The molecule has 144 valence electrons. The van der Waals surface area contributed by atoms with Crippen molar-refractivity contribution in [2.24, 2.45) is 10.9 Å². The Morgan fingerprint density at radius 1 is 1.35 bits per heavy atom. The number of aliphatic imine (C=N–C) groups is 1. The average molecular weight is 427 g/mol. The van der Waals surface area contributed by atoms with Gasteiger partial charge >= 0.3 is 0 Å². The van der Waals surface area contributed by atoms with Crippen LogP contribution in [0.2, 0.25) is 0 Å². The van der Waals surface area contributed by atoms with Crippen LogP contribution < -0.4 is 10.6 Å². The molecule has 0 saturated carbocycles. The predicted molar refractivity (Wildman–Crippen MR) is 106 cm³/mol. The summed E-state index contributed by atoms with van der Waals surface area (Å²) >= 11 is 3.28. The van der Waals surface area contributed by atoms with Gasteiger partial charge in [-0.15, -0.1) is 0 Å². The van der Waals surface area contributed by atoms with E-state index in [0.717, 1.165) is 56.1 Å². The van der Waals surface area contributed by atoms with Crippen molar-refractivity contribution in [2.45, 2.75) is 31.8 Å². The number of hydrogen-bond donors (Lipinski definition) is 2. The summed E-state index contributed by atoms with van der Waals surface area (Å²) in [5.41, 5.74) is 0.629. The van der Waals surface area contributed by atoms with Gasteiger partial charge in [-0.25, -0.2) is 4.39 Å². The van der Waals surface area contributed by atoms with Gasteiger partial charge in [0.2, 0.25) is 0 Å². The largest absolute Gasteiger partial charge is 0.381 e. The summed E-state index contributed by atoms with van der Waals surface area (Å²) in [4.78, 5) is 6.83. The van der Waals surface area contributed by atoms with Gasteiger partial charge in [0.05, 0.1) is 6.61 Å². The number of likely N-dealkylation sites (tertiary alicyclic amines) is 1. The van der Waals surface area contributed by atoms with Crippen LogP contribution in [0.25, 0.3) is 0 Å². The van der Waals surface area contributed by atoms with Crippen LogP contribution in [-0.2, 0) is 11.3 Å². The molecule has 2 fully saturated rings. The molecule has 1 unspecified atom stereocenters. The van der Waals surface area contributed by atoms with E-state index < -0.39 is 0 Å². The van der Waals surface area contributed by atoms with Crippen molar-refractivity contribution >= 4 is 21.9 Å². The third-order valence-corrected chi connectivity index (χ3v) is 5.65. The molecule has 2 saturated heterocycles. The smallest absolute Gasteiger partial charge is 0.191 e. The van der Waals surface area contributed by atoms with Crippen molar-refractivity contribution in [1.29, 1.82) is 0 Å². The molecule has 1 aromatic carbocycles. The van der Waals surface area contributed by atoms with Crippen LogP contribution in [-0.4, -0.2) is 56.8 Å². The summed E-state index contributed by atoms with van der Waals surface area (Å²) in [6.45, 7) is 5.62. The van der Waals surface area contributed by atoms with E-state index >= 15 is 0 Å². The van der Waals surface area contributed by atoms with Gasteiger partial charge in [0.25, 0.3) is 0 Å². The SMILES string of the molecule is CN=C(NCc1ccc(Br)cc1F)NC1CCN(CC2CCOC2)CC1. The first kappa shape index (κ1) is 19.6. The second-order valence-electron chi connectivity index (χ2n) is 7.11. The second kappa shape index (κ2) is 9.67. The fraction of sp³-hybridized carbons (Fsp3) is 0.632. The molecule has 5 nitrogen and oxygen atoms in total. The monoisotopic (exact) mass is 426 g/mol. The summed E-state index contributed by atoms with van der Waals surface area (Å²) in [5, 5.41) is 6.69. The minimum atomic E-state index is -0.216. The van der Waals surface area contributed by atoms with Crippen molar-refractivity contribution in [3.8, 4) is 0 Å². The molecule has 2 N–H and O–H groups in total. The molecular formula is C19H28BrFN4O. The van der Waals surface area contributed by atoms with Crippen LogP contribution in [0.3, 0.4) is 0 Å². The predicted octanol–water partition coefficient (Wildman–Crippen LogP) is 2.75. The highest BCUT2D eigenvalue weighted by molar-refractivity contribution is 9.10. The molecule has 7 heteroatoms. The van der Waals surface area contributed by atoms with Crippen LogP contribution in [0.4, 0.5) is 4.39 Å². The Hall–Kier alpha value is -1.18. The van der Waals surface area contributed by atoms with Crippen LogP contribution in [0, 0.1) is 11.7 Å². The van der Waals surface area contributed by atoms with Gasteiger partial charge < -0.3 is 20.3 Å². The van der Waals surface area contributed by atoms with E-state index in [1.165, 1.54) is 12.5 Å². The number of hydrogen-bond acceptors (Lipinski definition) is 3. The van der Waals surface area contributed by atoms with E-state index in [-0.39, 0.29) is 5.82 Å². The number of ether oxygens (including phenoxy) is 1. The molecule has 0 spiro atoms. The lowest BCUT2D eigenvalue weighted by atomic mass is 10.0. The number of halogens is 2. The van der Waals surface area contributed by atoms with Gasteiger partial charge in [-0.05, 0) is 37.3 Å². The molecule has 2 heterocycles. The lowest BCUT2D eigenvalue weighted by Gasteiger charge is -2.34. The van der Waals surface area contributed by atoms with Crippen molar-refractivity contribution in [2.75, 3.05) is 39.9 Å². The molecule has 2 aliphatic rings. The molecule has 1 atom stereocenters. The van der Waals surface area contributed by atoms with E-state index in [0.29, 0.717) is 24.1 Å². The standard InChI is InChI=1S/C19H28BrFN4O/c1-22-19(23-11-15-2-3-16(20)10-18(15)21)24-17-4-7-25(8-5-17)12-14-6-9-26-13-14/h2-3,10,14,17H,4-9,11-13H2,1H3,(H2,22,23,24). The normalized spacial score (nSPS) is 22.6. The highest BCUT2D eigenvalue weighted by atomic mass is 79.9. The maximum Gasteiger partial charge on any atom is 0.191 e. The zero-order valence-electron chi connectivity index (χ0n) is 15.3. The molecule has 2 aliphatic heterocycles. The molecule has 1 aromatic rings. The van der Waals surface area contributed by atoms with E-state index in [1.54, 1.807) is 13.1 Å². The van der Waals surface area contributed by atoms with Crippen molar-refractivity contribution in [3.05, 3.63) is 34.1 Å². The van der Waals surface area contributed by atoms with Crippen LogP contribution in [0.1, 0.15) is 24.8 Å². The number of benzene rings is 1. The molecule has 3 rings (SSSR count). The van der Waals surface area contributed by atoms with Gasteiger partial charge in [0, 0.05) is 55.9 Å². The van der Waals surface area contributed by atoms with Crippen molar-refractivity contribution < 1.29 is 9.13 Å². The zero-order valence-corrected chi connectivity index (χ0v) is 16.9. The van der Waals surface area contributed by atoms with E-state index in [2.05, 4.69) is 36.5 Å². The van der Waals surface area contributed by atoms with E-state index in [1.807, 2.05) is 6.07 Å². The van der Waals surface area contributed by atoms with Gasteiger partial charge in [-0.1, -0.05) is 22.0 Å². The minimum Gasteiger partial charge on any atom is -0.381 e. The van der Waals surface area contributed by atoms with Gasteiger partial charge in [0.1, 0.15) is 5.82 Å². The summed E-state index contributed by atoms with van der Waals surface area (Å²) in [6.07, 6.45) is 3.39. The second-order valence-corrected chi connectivity index (χ2v) is 8.03. The lowest BCUT2D eigenvalue weighted by molar-refractivity contribution is 0.150. The number of nitrogens with zero attached hydrogens (tertiary/aromatic N) is 2. The number of nitrogens with one attached hydrogen (secondary N) is 2. The maximum atomic E-state index is 13.9. The maximum absolute atomic E-state index is 13.9. The van der Waals surface area contributed by atoms with Crippen LogP contribution >= 0.6 is 15.9 Å². The fourth-order valence-electron chi connectivity index (χ4n) is 3.58. The summed E-state index contributed by atoms with van der Waals surface area (Å²) in [5.74, 6) is 1.22. The third-order valence-electron chi connectivity index (χ3n) is 5.15. The molecule has 0 bridgehead atoms. The summed E-state index contributed by atoms with van der Waals surface area (Å²) < 4.78 is 20.1. The topological polar surface area (TPSA) is 48.9 Å². The Labute approximate surface area is 163 Å². The molecular weight excluding hydrogens is 399 g/mol. The minimum absolute atomic E-state index is 0.216. The zero-order chi connectivity index (χ0) is 18.4. The van der Waals surface area contributed by atoms with Gasteiger partial charge in [-0.3, -0.25) is 4.99 Å².